The Hall–Kier alpha value is -8.74. The van der Waals surface area contributed by atoms with Gasteiger partial charge in [0.15, 0.2) is 11.4 Å². The zero-order valence-electron chi connectivity index (χ0n) is 40.2. The molecule has 73 heavy (non-hydrogen) atoms. The topological polar surface area (TPSA) is 337 Å². The molecule has 0 unspecified atom stereocenters. The van der Waals surface area contributed by atoms with Gasteiger partial charge < -0.3 is 56.7 Å². The van der Waals surface area contributed by atoms with E-state index in [1.165, 1.54) is 30.3 Å². The summed E-state index contributed by atoms with van der Waals surface area (Å²) in [5.41, 5.74) is 19.6. The van der Waals surface area contributed by atoms with E-state index in [-0.39, 0.29) is 58.4 Å². The molecule has 3 aliphatic heterocycles. The predicted octanol–water partition coefficient (Wildman–Crippen LogP) is 1.83. The Morgan fingerprint density at radius 1 is 0.795 bits per heavy atom. The third-order valence-corrected chi connectivity index (χ3v) is 12.8. The van der Waals surface area contributed by atoms with Gasteiger partial charge in [0.05, 0.1) is 17.0 Å². The number of carbonyl (C=O) groups excluding carboxylic acids is 2. The average molecular weight is 997 g/mol. The van der Waals surface area contributed by atoms with Gasteiger partial charge in [0.1, 0.15) is 29.7 Å². The molecule has 25 nitrogen and oxygen atoms in total. The molecule has 2 saturated heterocycles. The molecule has 380 valence electrons. The number of phenolic OH excluding ortho intramolecular Hbond substituents is 1. The van der Waals surface area contributed by atoms with Crippen LogP contribution in [0.3, 0.4) is 0 Å². The Kier molecular flexibility index (Phi) is 14.7. The van der Waals surface area contributed by atoms with Gasteiger partial charge >= 0.3 is 5.97 Å². The largest absolute Gasteiger partial charge is 0.508 e. The van der Waals surface area contributed by atoms with Crippen LogP contribution < -0.4 is 37.7 Å². The Balaban J connectivity index is 0.953. The van der Waals surface area contributed by atoms with Crippen molar-refractivity contribution in [1.29, 1.82) is 0 Å². The van der Waals surface area contributed by atoms with Crippen LogP contribution in [-0.2, 0) is 29.0 Å². The molecule has 1 atom stereocenters. The number of carboxylic acids is 1. The molecule has 0 bridgehead atoms. The summed E-state index contributed by atoms with van der Waals surface area (Å²) in [5.74, 6) is -0.435. The summed E-state index contributed by atoms with van der Waals surface area (Å²) in [6.45, 7) is 6.00. The average Bonchev–Trinajstić information content (AvgIpc) is 4.06. The van der Waals surface area contributed by atoms with Crippen LogP contribution in [0.2, 0.25) is 0 Å². The fourth-order valence-corrected chi connectivity index (χ4v) is 8.95. The van der Waals surface area contributed by atoms with Crippen molar-refractivity contribution in [3.05, 3.63) is 94.2 Å². The number of hydrogen-bond acceptors (Lipinski definition) is 18. The highest BCUT2D eigenvalue weighted by Crippen LogP contribution is 2.42. The minimum atomic E-state index is -1.22. The van der Waals surface area contributed by atoms with Crippen molar-refractivity contribution in [3.63, 3.8) is 0 Å². The van der Waals surface area contributed by atoms with Gasteiger partial charge in [-0.1, -0.05) is 16.5 Å². The fraction of sp³-hybridized carbons (Fsp3) is 0.375. The van der Waals surface area contributed by atoms with E-state index in [9.17, 15) is 29.4 Å². The van der Waals surface area contributed by atoms with Crippen molar-refractivity contribution < 1.29 is 29.0 Å². The van der Waals surface area contributed by atoms with Crippen molar-refractivity contribution in [2.75, 3.05) is 80.6 Å². The molecule has 25 heteroatoms. The molecule has 5 aromatic rings. The van der Waals surface area contributed by atoms with Crippen molar-refractivity contribution in [2.45, 2.75) is 51.6 Å². The lowest BCUT2D eigenvalue weighted by molar-refractivity contribution is -0.135. The van der Waals surface area contributed by atoms with Crippen LogP contribution in [-0.4, -0.2) is 154 Å². The van der Waals surface area contributed by atoms with Crippen LogP contribution in [0.25, 0.3) is 33.4 Å². The van der Waals surface area contributed by atoms with Crippen LogP contribution in [0.15, 0.2) is 81.2 Å². The van der Waals surface area contributed by atoms with Crippen LogP contribution in [0, 0.1) is 0 Å². The molecule has 0 saturated carbocycles. The number of anilines is 4. The number of nitrogens with zero attached hydrogens (tertiary/aromatic N) is 14. The number of fused-ring (bicyclic) bond motifs is 2. The van der Waals surface area contributed by atoms with E-state index < -0.39 is 12.0 Å². The molecule has 2 amide bonds. The van der Waals surface area contributed by atoms with Gasteiger partial charge in [-0.25, -0.2) is 14.2 Å². The first-order chi connectivity index (χ1) is 35.3. The Labute approximate surface area is 417 Å². The summed E-state index contributed by atoms with van der Waals surface area (Å²) in [6.07, 6.45) is 7.33. The number of piperazine rings is 2. The number of benzene rings is 3. The van der Waals surface area contributed by atoms with E-state index in [1.807, 2.05) is 9.80 Å². The van der Waals surface area contributed by atoms with Crippen LogP contribution in [0.5, 0.6) is 5.75 Å². The van der Waals surface area contributed by atoms with Crippen LogP contribution >= 0.6 is 0 Å². The van der Waals surface area contributed by atoms with E-state index in [2.05, 4.69) is 30.9 Å². The second-order valence-corrected chi connectivity index (χ2v) is 17.9. The van der Waals surface area contributed by atoms with Crippen molar-refractivity contribution in [3.8, 4) is 28.2 Å². The van der Waals surface area contributed by atoms with Gasteiger partial charge in [-0.2, -0.15) is 15.0 Å². The lowest BCUT2D eigenvalue weighted by atomic mass is 9.90. The number of phenols is 1. The van der Waals surface area contributed by atoms with E-state index in [0.29, 0.717) is 118 Å². The third kappa shape index (κ3) is 11.4. The third-order valence-electron chi connectivity index (χ3n) is 12.8. The minimum absolute atomic E-state index is 0.0263. The molecule has 0 spiro atoms. The van der Waals surface area contributed by atoms with Gasteiger partial charge in [-0.15, -0.1) is 10.2 Å². The number of aromatic hydroxyl groups is 1. The highest BCUT2D eigenvalue weighted by atomic mass is 16.4. The minimum Gasteiger partial charge on any atom is -0.508 e. The number of carbonyl (C=O) groups is 3. The van der Waals surface area contributed by atoms with Crippen molar-refractivity contribution in [1.82, 2.24) is 54.7 Å². The molecular weight excluding hydrogens is 941 g/mol. The molecule has 2 aromatic carbocycles. The van der Waals surface area contributed by atoms with E-state index in [1.54, 1.807) is 62.7 Å². The number of aryl methyl sites for hydroxylation is 2. The number of rotatable bonds is 18. The highest BCUT2D eigenvalue weighted by Gasteiger charge is 2.30. The van der Waals surface area contributed by atoms with E-state index in [4.69, 9.17) is 36.6 Å². The fourth-order valence-electron chi connectivity index (χ4n) is 8.95. The number of hydrogen-bond donors (Lipinski definition) is 6. The second-order valence-electron chi connectivity index (χ2n) is 17.9. The molecule has 0 radical (unpaired) electrons. The summed E-state index contributed by atoms with van der Waals surface area (Å²) in [5, 5.41) is 41.5. The zero-order chi connectivity index (χ0) is 51.2. The smallest absolute Gasteiger partial charge is 0.336 e. The maximum absolute atomic E-state index is 13.8. The Morgan fingerprint density at radius 3 is 2.19 bits per heavy atom. The number of aromatic nitrogens is 9. The number of guanidine groups is 1. The summed E-state index contributed by atoms with van der Waals surface area (Å²) in [4.78, 5) is 78.8. The highest BCUT2D eigenvalue weighted by molar-refractivity contribution is 6.08. The normalized spacial score (nSPS) is 14.4. The van der Waals surface area contributed by atoms with Crippen molar-refractivity contribution >= 4 is 58.2 Å². The molecule has 9 rings (SSSR count). The second kappa shape index (κ2) is 21.7. The van der Waals surface area contributed by atoms with E-state index >= 15 is 0 Å². The number of nitrogens with two attached hydrogens (primary N) is 3. The quantitative estimate of drug-likeness (QED) is 0.0309. The summed E-state index contributed by atoms with van der Waals surface area (Å²) < 4.78 is 9.12. The molecule has 6 heterocycles. The molecular formula is C48H56N18O7. The number of carboxylic acid groups (broad SMARTS) is 1. The van der Waals surface area contributed by atoms with Gasteiger partial charge in [0.25, 0.3) is 0 Å². The van der Waals surface area contributed by atoms with E-state index in [0.717, 1.165) is 30.7 Å². The first kappa shape index (κ1) is 49.2. The predicted molar refractivity (Wildman–Crippen MR) is 270 cm³/mol. The summed E-state index contributed by atoms with van der Waals surface area (Å²) >= 11 is 0. The lowest BCUT2D eigenvalue weighted by Gasteiger charge is -2.37. The number of amides is 2. The number of aromatic carboxylic acids is 1. The molecule has 3 aromatic heterocycles. The zero-order valence-corrected chi connectivity index (χ0v) is 40.2. The maximum Gasteiger partial charge on any atom is 0.336 e. The molecule has 2 fully saturated rings. The molecule has 4 aliphatic rings. The monoisotopic (exact) mass is 996 g/mol. The molecule has 1 aliphatic carbocycles. The SMILES string of the molecule is C[C@@H](C(=O)N1CCN(c2nc(Nc3ccc(-c4c5ccc(=O)cc-5oc5cc(O)ccc45)c(C(=O)O)c3)nc(N3CCN(C(=O)Cn4cc(CCCCN)nn4)CC3)n2)CC1)n1cc(CCCN=C(N)N)nn1. The van der Waals surface area contributed by atoms with Gasteiger partial charge in [-0.05, 0) is 87.5 Å². The Bertz CT molecular complexity index is 3190. The first-order valence-electron chi connectivity index (χ1n) is 24.0. The number of nitrogens with one attached hydrogen (secondary N) is 1. The van der Waals surface area contributed by atoms with Gasteiger partial charge in [0.2, 0.25) is 29.7 Å². The van der Waals surface area contributed by atoms with Gasteiger partial charge in [0, 0.05) is 106 Å². The standard InChI is InChI=1S/C48H56N18O7/c1-29(66-27-32(58-60-66)6-4-14-52-45(50)51)43(70)62-17-21-64(22-18-62)48-55-46(54-47(56-48)63-19-15-61(16-20-63)41(69)28-65-26-31(57-59-65)5-2-3-13-49)53-30-7-10-35(38(23-30)44(71)72)42-36-11-8-33(67)24-39(36)73-40-25-34(68)9-12-37(40)42/h7-12,23-27,29,67H,2-6,13-22,28,49H2,1H3,(H,71,72)(H4,50,51,52)(H,53,54,55,56)/t29-/m0/s1. The van der Waals surface area contributed by atoms with Crippen LogP contribution in [0.1, 0.15) is 54.0 Å². The Morgan fingerprint density at radius 2 is 1.48 bits per heavy atom. The molecule has 9 N–H and O–H groups in total. The first-order valence-corrected chi connectivity index (χ1v) is 24.0. The van der Waals surface area contributed by atoms with Gasteiger partial charge in [-0.3, -0.25) is 19.4 Å². The maximum atomic E-state index is 13.8. The van der Waals surface area contributed by atoms with Crippen LogP contribution in [0.4, 0.5) is 23.5 Å². The lowest BCUT2D eigenvalue weighted by Crippen LogP contribution is -2.51. The van der Waals surface area contributed by atoms with Crippen molar-refractivity contribution in [2.24, 2.45) is 22.2 Å². The summed E-state index contributed by atoms with van der Waals surface area (Å²) in [7, 11) is 0. The number of unbranched alkanes of at least 4 members (excludes halogenated alkanes) is 1. The number of aliphatic imine (C=N–C) groups is 1. The summed E-state index contributed by atoms with van der Waals surface area (Å²) in [6, 6.07) is 13.1.